The molecular weight excluding hydrogens is 477 g/mol. The number of nitrogens with one attached hydrogen (secondary N) is 2. The molecule has 0 bridgehead atoms. The zero-order valence-electron chi connectivity index (χ0n) is 18.5. The van der Waals surface area contributed by atoms with Gasteiger partial charge in [-0.05, 0) is 44.5 Å². The quantitative estimate of drug-likeness (QED) is 0.297. The Morgan fingerprint density at radius 3 is 2.34 bits per heavy atom. The van der Waals surface area contributed by atoms with Crippen LogP contribution in [0.5, 0.6) is 0 Å². The van der Waals surface area contributed by atoms with Crippen molar-refractivity contribution in [2.45, 2.75) is 52.6 Å². The predicted octanol–water partition coefficient (Wildman–Crippen LogP) is 4.34. The minimum absolute atomic E-state index is 0. The minimum Gasteiger partial charge on any atom is -0.359 e. The number of hydrogen-bond donors (Lipinski definition) is 2. The van der Waals surface area contributed by atoms with Gasteiger partial charge in [-0.3, -0.25) is 0 Å². The summed E-state index contributed by atoms with van der Waals surface area (Å²) in [5, 5.41) is 10.9. The molecule has 2 N–H and O–H groups in total. The molecule has 0 radical (unpaired) electrons. The SMILES string of the molecule is CCNC(=NCc1cc(C(C)C)no1)NCC(c1ccc(CC)cc1)N(C)C.I. The number of aryl methyl sites for hydroxylation is 1. The molecule has 7 heteroatoms. The van der Waals surface area contributed by atoms with E-state index in [4.69, 9.17) is 4.52 Å². The Labute approximate surface area is 192 Å². The molecule has 2 aromatic rings. The van der Waals surface area contributed by atoms with Crippen LogP contribution in [-0.2, 0) is 13.0 Å². The Kier molecular flexibility index (Phi) is 11.3. The monoisotopic (exact) mass is 513 g/mol. The Bertz CT molecular complexity index is 740. The van der Waals surface area contributed by atoms with E-state index in [-0.39, 0.29) is 30.0 Å². The number of hydrogen-bond acceptors (Lipinski definition) is 4. The van der Waals surface area contributed by atoms with E-state index in [9.17, 15) is 0 Å². The Morgan fingerprint density at radius 2 is 1.83 bits per heavy atom. The van der Waals surface area contributed by atoms with Crippen molar-refractivity contribution in [1.29, 1.82) is 0 Å². The van der Waals surface area contributed by atoms with Crippen molar-refractivity contribution in [2.75, 3.05) is 27.2 Å². The van der Waals surface area contributed by atoms with Gasteiger partial charge in [-0.25, -0.2) is 4.99 Å². The zero-order chi connectivity index (χ0) is 20.5. The van der Waals surface area contributed by atoms with Crippen LogP contribution in [0.2, 0.25) is 0 Å². The summed E-state index contributed by atoms with van der Waals surface area (Å²) in [6.45, 7) is 10.5. The molecule has 0 aliphatic heterocycles. The molecule has 0 saturated carbocycles. The van der Waals surface area contributed by atoms with Gasteiger partial charge in [0, 0.05) is 19.2 Å². The van der Waals surface area contributed by atoms with Crippen LogP contribution in [-0.4, -0.2) is 43.2 Å². The number of guanidine groups is 1. The lowest BCUT2D eigenvalue weighted by Crippen LogP contribution is -2.41. The van der Waals surface area contributed by atoms with Crippen LogP contribution in [0.15, 0.2) is 39.8 Å². The smallest absolute Gasteiger partial charge is 0.191 e. The molecule has 1 aromatic heterocycles. The Hall–Kier alpha value is -1.61. The van der Waals surface area contributed by atoms with Crippen LogP contribution in [0.1, 0.15) is 62.2 Å². The molecule has 6 nitrogen and oxygen atoms in total. The van der Waals surface area contributed by atoms with Gasteiger partial charge in [0.05, 0.1) is 11.7 Å². The number of aliphatic imine (C=N–C) groups is 1. The lowest BCUT2D eigenvalue weighted by Gasteiger charge is -2.26. The summed E-state index contributed by atoms with van der Waals surface area (Å²) in [5.41, 5.74) is 3.62. The first-order valence-electron chi connectivity index (χ1n) is 10.2. The van der Waals surface area contributed by atoms with Crippen LogP contribution in [0.25, 0.3) is 0 Å². The molecule has 1 atom stereocenters. The number of nitrogens with zero attached hydrogens (tertiary/aromatic N) is 3. The molecule has 1 aromatic carbocycles. The second-order valence-corrected chi connectivity index (χ2v) is 7.52. The summed E-state index contributed by atoms with van der Waals surface area (Å²) >= 11 is 0. The number of aromatic nitrogens is 1. The topological polar surface area (TPSA) is 65.7 Å². The van der Waals surface area contributed by atoms with Crippen LogP contribution >= 0.6 is 24.0 Å². The molecule has 29 heavy (non-hydrogen) atoms. The third-order valence-corrected chi connectivity index (χ3v) is 4.76. The van der Waals surface area contributed by atoms with Crippen molar-refractivity contribution < 1.29 is 4.52 Å². The average Bonchev–Trinajstić information content (AvgIpc) is 3.16. The minimum atomic E-state index is 0. The second-order valence-electron chi connectivity index (χ2n) is 7.52. The van der Waals surface area contributed by atoms with Crippen LogP contribution in [0.3, 0.4) is 0 Å². The second kappa shape index (κ2) is 12.8. The van der Waals surface area contributed by atoms with E-state index in [1.807, 2.05) is 6.07 Å². The van der Waals surface area contributed by atoms with E-state index in [2.05, 4.69) is 91.7 Å². The summed E-state index contributed by atoms with van der Waals surface area (Å²) in [4.78, 5) is 6.88. The van der Waals surface area contributed by atoms with E-state index in [0.29, 0.717) is 12.5 Å². The molecule has 1 unspecified atom stereocenters. The Balaban J connectivity index is 0.00000420. The lowest BCUT2D eigenvalue weighted by molar-refractivity contribution is 0.298. The van der Waals surface area contributed by atoms with Crippen molar-refractivity contribution in [3.05, 3.63) is 52.9 Å². The molecule has 162 valence electrons. The van der Waals surface area contributed by atoms with Gasteiger partial charge in [-0.2, -0.15) is 0 Å². The standard InChI is InChI=1S/C22H35N5O.HI/c1-7-17-9-11-18(12-10-17)21(27(5)6)15-25-22(23-8-2)24-14-19-13-20(16(3)4)26-28-19;/h9-13,16,21H,7-8,14-15H2,1-6H3,(H2,23,24,25);1H. The predicted molar refractivity (Wildman–Crippen MR) is 131 cm³/mol. The first kappa shape index (κ1) is 25.4. The van der Waals surface area contributed by atoms with E-state index in [1.54, 1.807) is 0 Å². The van der Waals surface area contributed by atoms with Gasteiger partial charge in [0.25, 0.3) is 0 Å². The van der Waals surface area contributed by atoms with Gasteiger partial charge in [-0.1, -0.05) is 50.2 Å². The summed E-state index contributed by atoms with van der Waals surface area (Å²) in [6, 6.07) is 11.1. The summed E-state index contributed by atoms with van der Waals surface area (Å²) in [5.74, 6) is 1.91. The van der Waals surface area contributed by atoms with Crippen molar-refractivity contribution in [1.82, 2.24) is 20.7 Å². The molecule has 2 rings (SSSR count). The normalized spacial score (nSPS) is 12.8. The maximum Gasteiger partial charge on any atom is 0.191 e. The van der Waals surface area contributed by atoms with Gasteiger partial charge in [0.15, 0.2) is 11.7 Å². The summed E-state index contributed by atoms with van der Waals surface area (Å²) in [6.07, 6.45) is 1.06. The van der Waals surface area contributed by atoms with Crippen molar-refractivity contribution in [2.24, 2.45) is 4.99 Å². The fourth-order valence-electron chi connectivity index (χ4n) is 2.94. The molecule has 0 saturated heterocycles. The highest BCUT2D eigenvalue weighted by atomic mass is 127. The zero-order valence-corrected chi connectivity index (χ0v) is 20.9. The van der Waals surface area contributed by atoms with Gasteiger partial charge in [0.1, 0.15) is 6.54 Å². The van der Waals surface area contributed by atoms with Crippen molar-refractivity contribution in [3.8, 4) is 0 Å². The number of rotatable bonds is 9. The highest BCUT2D eigenvalue weighted by molar-refractivity contribution is 14.0. The lowest BCUT2D eigenvalue weighted by atomic mass is 10.0. The molecule has 0 fully saturated rings. The maximum absolute atomic E-state index is 5.39. The van der Waals surface area contributed by atoms with Crippen LogP contribution < -0.4 is 10.6 Å². The van der Waals surface area contributed by atoms with Gasteiger partial charge >= 0.3 is 0 Å². The Morgan fingerprint density at radius 1 is 1.14 bits per heavy atom. The third-order valence-electron chi connectivity index (χ3n) is 4.76. The highest BCUT2D eigenvalue weighted by Crippen LogP contribution is 2.18. The summed E-state index contributed by atoms with van der Waals surface area (Å²) in [7, 11) is 4.21. The van der Waals surface area contributed by atoms with Gasteiger partial charge in [0.2, 0.25) is 0 Å². The van der Waals surface area contributed by atoms with E-state index >= 15 is 0 Å². The first-order valence-corrected chi connectivity index (χ1v) is 10.2. The maximum atomic E-state index is 5.39. The van der Waals surface area contributed by atoms with E-state index < -0.39 is 0 Å². The molecule has 0 aliphatic rings. The van der Waals surface area contributed by atoms with E-state index in [0.717, 1.165) is 36.9 Å². The fraction of sp³-hybridized carbons (Fsp3) is 0.545. The first-order chi connectivity index (χ1) is 13.4. The molecule has 0 aliphatic carbocycles. The molecule has 1 heterocycles. The number of halogens is 1. The fourth-order valence-corrected chi connectivity index (χ4v) is 2.94. The molecule has 0 spiro atoms. The van der Waals surface area contributed by atoms with Crippen LogP contribution in [0.4, 0.5) is 0 Å². The summed E-state index contributed by atoms with van der Waals surface area (Å²) < 4.78 is 5.39. The number of benzene rings is 1. The third kappa shape index (κ3) is 7.97. The average molecular weight is 513 g/mol. The van der Waals surface area contributed by atoms with Gasteiger partial charge < -0.3 is 20.1 Å². The van der Waals surface area contributed by atoms with Crippen molar-refractivity contribution >= 4 is 29.9 Å². The molecule has 0 amide bonds. The van der Waals surface area contributed by atoms with E-state index in [1.165, 1.54) is 11.1 Å². The van der Waals surface area contributed by atoms with Crippen molar-refractivity contribution in [3.63, 3.8) is 0 Å². The van der Waals surface area contributed by atoms with Crippen LogP contribution in [0, 0.1) is 0 Å². The molecular formula is C22H36IN5O. The highest BCUT2D eigenvalue weighted by Gasteiger charge is 2.15. The van der Waals surface area contributed by atoms with Gasteiger partial charge in [-0.15, -0.1) is 24.0 Å². The number of likely N-dealkylation sites (N-methyl/N-ethyl adjacent to an activating group) is 1. The largest absolute Gasteiger partial charge is 0.359 e.